The molecule has 0 N–H and O–H groups in total. The van der Waals surface area contributed by atoms with E-state index in [2.05, 4.69) is 6.58 Å². The molecule has 0 aliphatic rings. The maximum atomic E-state index is 12.4. The maximum absolute atomic E-state index is 12.4. The molecule has 88 valence electrons. The Morgan fingerprint density at radius 3 is 2.44 bits per heavy atom. The molecule has 0 spiro atoms. The first-order valence-corrected chi connectivity index (χ1v) is 6.82. The highest BCUT2D eigenvalue weighted by molar-refractivity contribution is 7.62. The van der Waals surface area contributed by atoms with Crippen LogP contribution in [0.3, 0.4) is 0 Å². The van der Waals surface area contributed by atoms with E-state index in [0.29, 0.717) is 18.5 Å². The smallest absolute Gasteiger partial charge is 0.305 e. The standard InChI is InChI=1S/C12H17O3P/c1-4-11-8-7-9-12(10-11)16(13,14-5-2)15-6-3/h4,7-10H,1,5-6H2,2-3H3. The summed E-state index contributed by atoms with van der Waals surface area (Å²) in [6.45, 7) is 7.98. The Morgan fingerprint density at radius 2 is 1.94 bits per heavy atom. The van der Waals surface area contributed by atoms with Crippen molar-refractivity contribution in [3.05, 3.63) is 36.4 Å². The van der Waals surface area contributed by atoms with Gasteiger partial charge < -0.3 is 9.05 Å². The van der Waals surface area contributed by atoms with Gasteiger partial charge in [0.2, 0.25) is 0 Å². The molecule has 0 atom stereocenters. The average Bonchev–Trinajstić information content (AvgIpc) is 2.30. The van der Waals surface area contributed by atoms with Crippen LogP contribution in [-0.4, -0.2) is 13.2 Å². The number of benzene rings is 1. The van der Waals surface area contributed by atoms with Crippen LogP contribution in [0.15, 0.2) is 30.8 Å². The first kappa shape index (κ1) is 13.2. The summed E-state index contributed by atoms with van der Waals surface area (Å²) >= 11 is 0. The molecule has 0 amide bonds. The van der Waals surface area contributed by atoms with Gasteiger partial charge in [0.15, 0.2) is 0 Å². The van der Waals surface area contributed by atoms with E-state index in [1.165, 1.54) is 0 Å². The van der Waals surface area contributed by atoms with Crippen molar-refractivity contribution in [2.75, 3.05) is 13.2 Å². The summed E-state index contributed by atoms with van der Waals surface area (Å²) in [5.41, 5.74) is 0.900. The third kappa shape index (κ3) is 3.05. The highest BCUT2D eigenvalue weighted by Gasteiger charge is 2.26. The summed E-state index contributed by atoms with van der Waals surface area (Å²) in [4.78, 5) is 0. The lowest BCUT2D eigenvalue weighted by Crippen LogP contribution is -2.10. The van der Waals surface area contributed by atoms with E-state index < -0.39 is 7.60 Å². The van der Waals surface area contributed by atoms with Gasteiger partial charge in [0.05, 0.1) is 18.5 Å². The van der Waals surface area contributed by atoms with Gasteiger partial charge in [-0.2, -0.15) is 0 Å². The zero-order chi connectivity index (χ0) is 12.0. The number of hydrogen-bond donors (Lipinski definition) is 0. The quantitative estimate of drug-likeness (QED) is 0.716. The highest BCUT2D eigenvalue weighted by Crippen LogP contribution is 2.46. The summed E-state index contributed by atoms with van der Waals surface area (Å²) in [6, 6.07) is 7.23. The lowest BCUT2D eigenvalue weighted by atomic mass is 10.2. The van der Waals surface area contributed by atoms with E-state index in [1.807, 2.05) is 12.1 Å². The Bertz CT molecular complexity index is 391. The molecule has 0 fully saturated rings. The Balaban J connectivity index is 3.09. The third-order valence-electron chi connectivity index (χ3n) is 2.02. The molecule has 3 nitrogen and oxygen atoms in total. The van der Waals surface area contributed by atoms with Crippen LogP contribution in [0.5, 0.6) is 0 Å². The monoisotopic (exact) mass is 240 g/mol. The molecule has 1 aromatic rings. The van der Waals surface area contributed by atoms with Crippen LogP contribution >= 0.6 is 7.60 Å². The van der Waals surface area contributed by atoms with E-state index in [9.17, 15) is 4.57 Å². The fourth-order valence-electron chi connectivity index (χ4n) is 1.35. The largest absolute Gasteiger partial charge is 0.361 e. The van der Waals surface area contributed by atoms with Crippen molar-refractivity contribution in [2.45, 2.75) is 13.8 Å². The fourth-order valence-corrected chi connectivity index (χ4v) is 2.98. The number of hydrogen-bond acceptors (Lipinski definition) is 3. The van der Waals surface area contributed by atoms with Gasteiger partial charge in [0.25, 0.3) is 0 Å². The minimum Gasteiger partial charge on any atom is -0.305 e. The summed E-state index contributed by atoms with van der Waals surface area (Å²) in [5, 5.41) is 0.577. The molecule has 0 saturated carbocycles. The lowest BCUT2D eigenvalue weighted by Gasteiger charge is -2.17. The normalized spacial score (nSPS) is 11.4. The molecule has 0 radical (unpaired) electrons. The second-order valence-electron chi connectivity index (χ2n) is 3.13. The van der Waals surface area contributed by atoms with Crippen LogP contribution < -0.4 is 5.30 Å². The van der Waals surface area contributed by atoms with Crippen molar-refractivity contribution in [3.63, 3.8) is 0 Å². The van der Waals surface area contributed by atoms with Gasteiger partial charge >= 0.3 is 7.60 Å². The molecule has 0 bridgehead atoms. The Morgan fingerprint density at radius 1 is 1.31 bits per heavy atom. The van der Waals surface area contributed by atoms with Crippen molar-refractivity contribution < 1.29 is 13.6 Å². The van der Waals surface area contributed by atoms with Crippen LogP contribution in [0, 0.1) is 0 Å². The van der Waals surface area contributed by atoms with Gasteiger partial charge in [-0.05, 0) is 31.5 Å². The summed E-state index contributed by atoms with van der Waals surface area (Å²) in [5.74, 6) is 0. The average molecular weight is 240 g/mol. The van der Waals surface area contributed by atoms with Gasteiger partial charge in [-0.1, -0.05) is 24.8 Å². The predicted octanol–water partition coefficient (Wildman–Crippen LogP) is 3.22. The Hall–Kier alpha value is -0.890. The zero-order valence-corrected chi connectivity index (χ0v) is 10.6. The third-order valence-corrected chi connectivity index (χ3v) is 4.13. The molecule has 0 unspecified atom stereocenters. The van der Waals surface area contributed by atoms with E-state index in [0.717, 1.165) is 5.56 Å². The molecular formula is C12H17O3P. The molecule has 16 heavy (non-hydrogen) atoms. The molecule has 0 heterocycles. The van der Waals surface area contributed by atoms with Crippen molar-refractivity contribution in [1.29, 1.82) is 0 Å². The molecule has 1 aromatic carbocycles. The minimum absolute atomic E-state index is 0.357. The molecule has 4 heteroatoms. The minimum atomic E-state index is -3.16. The second kappa shape index (κ2) is 6.00. The maximum Gasteiger partial charge on any atom is 0.361 e. The van der Waals surface area contributed by atoms with E-state index >= 15 is 0 Å². The topological polar surface area (TPSA) is 35.5 Å². The summed E-state index contributed by atoms with van der Waals surface area (Å²) < 4.78 is 22.9. The van der Waals surface area contributed by atoms with Gasteiger partial charge in [-0.3, -0.25) is 4.57 Å². The Kier molecular flexibility index (Phi) is 4.94. The van der Waals surface area contributed by atoms with Crippen LogP contribution in [0.25, 0.3) is 6.08 Å². The van der Waals surface area contributed by atoms with Crippen molar-refractivity contribution in [1.82, 2.24) is 0 Å². The molecule has 0 saturated heterocycles. The zero-order valence-electron chi connectivity index (χ0n) is 9.68. The first-order chi connectivity index (χ1) is 7.66. The van der Waals surface area contributed by atoms with Crippen molar-refractivity contribution in [2.24, 2.45) is 0 Å². The van der Waals surface area contributed by atoms with Gasteiger partial charge in [0, 0.05) is 0 Å². The molecule has 0 aromatic heterocycles. The van der Waals surface area contributed by atoms with Crippen LogP contribution in [0.1, 0.15) is 19.4 Å². The van der Waals surface area contributed by atoms with Gasteiger partial charge in [-0.15, -0.1) is 0 Å². The Labute approximate surface area is 96.6 Å². The van der Waals surface area contributed by atoms with E-state index in [-0.39, 0.29) is 0 Å². The lowest BCUT2D eigenvalue weighted by molar-refractivity contribution is 0.230. The highest BCUT2D eigenvalue weighted by atomic mass is 31.2. The fraction of sp³-hybridized carbons (Fsp3) is 0.333. The second-order valence-corrected chi connectivity index (χ2v) is 5.16. The molecule has 1 rings (SSSR count). The van der Waals surface area contributed by atoms with Crippen molar-refractivity contribution in [3.8, 4) is 0 Å². The van der Waals surface area contributed by atoms with Gasteiger partial charge in [-0.25, -0.2) is 0 Å². The van der Waals surface area contributed by atoms with E-state index in [1.54, 1.807) is 32.1 Å². The van der Waals surface area contributed by atoms with E-state index in [4.69, 9.17) is 9.05 Å². The van der Waals surface area contributed by atoms with Crippen molar-refractivity contribution >= 4 is 19.0 Å². The van der Waals surface area contributed by atoms with Crippen LogP contribution in [0.2, 0.25) is 0 Å². The number of rotatable bonds is 6. The van der Waals surface area contributed by atoms with Crippen LogP contribution in [-0.2, 0) is 13.6 Å². The summed E-state index contributed by atoms with van der Waals surface area (Å²) in [7, 11) is -3.16. The summed E-state index contributed by atoms with van der Waals surface area (Å²) in [6.07, 6.45) is 1.70. The SMILES string of the molecule is C=Cc1cccc(P(=O)(OCC)OCC)c1. The molecule has 0 aliphatic carbocycles. The van der Waals surface area contributed by atoms with Gasteiger partial charge in [0.1, 0.15) is 0 Å². The predicted molar refractivity (Wildman–Crippen MR) is 67.0 cm³/mol. The van der Waals surface area contributed by atoms with Crippen LogP contribution in [0.4, 0.5) is 0 Å². The molecule has 0 aliphatic heterocycles. The molecular weight excluding hydrogens is 223 g/mol. The first-order valence-electron chi connectivity index (χ1n) is 5.28.